The minimum atomic E-state index is 0.201. The first-order valence-electron chi connectivity index (χ1n) is 18.8. The Balaban J connectivity index is 1.11. The van der Waals surface area contributed by atoms with Gasteiger partial charge in [-0.05, 0) is 159 Å². The highest BCUT2D eigenvalue weighted by molar-refractivity contribution is 5.83. The van der Waals surface area contributed by atoms with Gasteiger partial charge in [0.2, 0.25) is 0 Å². The molecule has 0 saturated carbocycles. The van der Waals surface area contributed by atoms with Crippen molar-refractivity contribution in [1.82, 2.24) is 0 Å². The van der Waals surface area contributed by atoms with Crippen molar-refractivity contribution in [3.8, 4) is 44.5 Å². The average Bonchev–Trinajstić information content (AvgIpc) is 3.19. The van der Waals surface area contributed by atoms with Gasteiger partial charge in [-0.3, -0.25) is 0 Å². The minimum Gasteiger partial charge on any atom is -0.359 e. The highest BCUT2D eigenvalue weighted by Crippen LogP contribution is 2.37. The number of nitrogens with one attached hydrogen (secondary N) is 1. The lowest BCUT2D eigenvalue weighted by Crippen LogP contribution is -2.19. The first kappa shape index (κ1) is 32.8. The summed E-state index contributed by atoms with van der Waals surface area (Å²) in [5.41, 5.74) is 19.5. The van der Waals surface area contributed by atoms with Crippen molar-refractivity contribution in [3.63, 3.8) is 0 Å². The van der Waals surface area contributed by atoms with Gasteiger partial charge < -0.3 is 5.32 Å². The molecule has 0 saturated heterocycles. The summed E-state index contributed by atoms with van der Waals surface area (Å²) in [6.45, 7) is 6.98. The number of aryl methyl sites for hydroxylation is 2. The Bertz CT molecular complexity index is 2230. The third kappa shape index (κ3) is 6.86. The molecule has 8 rings (SSSR count). The molecule has 51 heavy (non-hydrogen) atoms. The van der Waals surface area contributed by atoms with Gasteiger partial charge in [-0.15, -0.1) is 0 Å². The van der Waals surface area contributed by atoms with Crippen LogP contribution in [0.2, 0.25) is 0 Å². The van der Waals surface area contributed by atoms with Crippen LogP contribution in [0.5, 0.6) is 0 Å². The van der Waals surface area contributed by atoms with Crippen molar-refractivity contribution in [2.45, 2.75) is 64.7 Å². The van der Waals surface area contributed by atoms with E-state index in [1.807, 2.05) is 0 Å². The lowest BCUT2D eigenvalue weighted by molar-refractivity contribution is 0.439. The molecule has 0 amide bonds. The Kier molecular flexibility index (Phi) is 9.05. The SMILES string of the molecule is CCC(C)(CC)c1ccc(-c2cc(-c3ccc(NC4=CC(c5ccc6c(c5)CC6)=CCC4)cc3)cc(-c3cccc(-c4ccccc4)c3)c2)cc1. The zero-order valence-corrected chi connectivity index (χ0v) is 30.2. The summed E-state index contributed by atoms with van der Waals surface area (Å²) in [5.74, 6) is 0. The first-order valence-corrected chi connectivity index (χ1v) is 18.8. The molecule has 0 aromatic heterocycles. The summed E-state index contributed by atoms with van der Waals surface area (Å²) in [6.07, 6.45) is 11.5. The van der Waals surface area contributed by atoms with Crippen LogP contribution >= 0.6 is 0 Å². The van der Waals surface area contributed by atoms with Crippen LogP contribution in [0, 0.1) is 0 Å². The smallest absolute Gasteiger partial charge is 0.0382 e. The van der Waals surface area contributed by atoms with Crippen molar-refractivity contribution < 1.29 is 0 Å². The molecule has 2 aliphatic rings. The maximum atomic E-state index is 3.74. The third-order valence-electron chi connectivity index (χ3n) is 11.5. The maximum absolute atomic E-state index is 3.74. The molecule has 0 aliphatic heterocycles. The molecule has 6 aromatic carbocycles. The van der Waals surface area contributed by atoms with Crippen LogP contribution in [-0.2, 0) is 18.3 Å². The van der Waals surface area contributed by atoms with E-state index >= 15 is 0 Å². The van der Waals surface area contributed by atoms with E-state index in [0.29, 0.717) is 0 Å². The van der Waals surface area contributed by atoms with Gasteiger partial charge in [0.1, 0.15) is 0 Å². The minimum absolute atomic E-state index is 0.201. The molecule has 1 nitrogen and oxygen atoms in total. The van der Waals surface area contributed by atoms with Crippen LogP contribution in [0.1, 0.15) is 68.7 Å². The molecule has 0 fully saturated rings. The molecule has 1 heteroatoms. The molecule has 0 bridgehead atoms. The van der Waals surface area contributed by atoms with Crippen LogP contribution in [0.15, 0.2) is 157 Å². The quantitative estimate of drug-likeness (QED) is 0.154. The van der Waals surface area contributed by atoms with E-state index in [0.717, 1.165) is 31.4 Å². The fourth-order valence-electron chi connectivity index (χ4n) is 7.67. The standard InChI is InChI=1S/C50H47N/c1-4-50(3,5-2)47-25-21-37(22-26-47)44-31-45(33-46(32-44)40-14-9-13-39(29-40)35-11-7-6-8-12-35)38-23-27-48(28-24-38)51-49-16-10-15-41(34-49)43-20-18-36-17-19-42(36)30-43/h6-9,11-15,18,20-34,51H,4-5,10,16-17,19H2,1-3H3. The topological polar surface area (TPSA) is 12.0 Å². The van der Waals surface area contributed by atoms with E-state index in [1.165, 1.54) is 90.9 Å². The number of fused-ring (bicyclic) bond motifs is 1. The zero-order valence-electron chi connectivity index (χ0n) is 30.2. The highest BCUT2D eigenvalue weighted by atomic mass is 14.9. The van der Waals surface area contributed by atoms with Gasteiger partial charge in [0.15, 0.2) is 0 Å². The van der Waals surface area contributed by atoms with Crippen LogP contribution < -0.4 is 5.32 Å². The highest BCUT2D eigenvalue weighted by Gasteiger charge is 2.22. The molecular formula is C50H47N. The largest absolute Gasteiger partial charge is 0.359 e. The predicted octanol–water partition coefficient (Wildman–Crippen LogP) is 13.7. The van der Waals surface area contributed by atoms with Gasteiger partial charge >= 0.3 is 0 Å². The summed E-state index contributed by atoms with van der Waals surface area (Å²) in [4.78, 5) is 0. The van der Waals surface area contributed by atoms with Crippen molar-refractivity contribution in [3.05, 3.63) is 180 Å². The molecule has 0 radical (unpaired) electrons. The normalized spacial score (nSPS) is 13.9. The van der Waals surface area contributed by atoms with Gasteiger partial charge in [0.05, 0.1) is 0 Å². The van der Waals surface area contributed by atoms with Crippen LogP contribution in [0.3, 0.4) is 0 Å². The van der Waals surface area contributed by atoms with Gasteiger partial charge in [-0.25, -0.2) is 0 Å². The van der Waals surface area contributed by atoms with Crippen LogP contribution in [-0.4, -0.2) is 0 Å². The Hall–Kier alpha value is -5.40. The average molecular weight is 662 g/mol. The number of allylic oxidation sites excluding steroid dienone is 4. The lowest BCUT2D eigenvalue weighted by atomic mass is 9.77. The third-order valence-corrected chi connectivity index (χ3v) is 11.5. The lowest BCUT2D eigenvalue weighted by Gasteiger charge is -2.27. The summed E-state index contributed by atoms with van der Waals surface area (Å²) in [7, 11) is 0. The van der Waals surface area contributed by atoms with E-state index in [1.54, 1.807) is 0 Å². The van der Waals surface area contributed by atoms with E-state index in [-0.39, 0.29) is 5.41 Å². The molecule has 2 aliphatic carbocycles. The van der Waals surface area contributed by atoms with Crippen molar-refractivity contribution in [1.29, 1.82) is 0 Å². The number of hydrogen-bond acceptors (Lipinski definition) is 1. The van der Waals surface area contributed by atoms with Crippen molar-refractivity contribution in [2.75, 3.05) is 5.32 Å². The maximum Gasteiger partial charge on any atom is 0.0382 e. The molecule has 0 heterocycles. The second-order valence-corrected chi connectivity index (χ2v) is 14.6. The van der Waals surface area contributed by atoms with Gasteiger partial charge in [-0.2, -0.15) is 0 Å². The Morgan fingerprint density at radius 1 is 0.490 bits per heavy atom. The van der Waals surface area contributed by atoms with E-state index in [9.17, 15) is 0 Å². The monoisotopic (exact) mass is 661 g/mol. The second-order valence-electron chi connectivity index (χ2n) is 14.6. The Morgan fingerprint density at radius 3 is 1.67 bits per heavy atom. The summed E-state index contributed by atoms with van der Waals surface area (Å²) < 4.78 is 0. The number of rotatable bonds is 10. The molecule has 6 aromatic rings. The molecule has 1 N–H and O–H groups in total. The fraction of sp³-hybridized carbons (Fsp3) is 0.200. The van der Waals surface area contributed by atoms with Gasteiger partial charge in [0.25, 0.3) is 0 Å². The Morgan fingerprint density at radius 2 is 1.04 bits per heavy atom. The number of anilines is 1. The van der Waals surface area contributed by atoms with Crippen LogP contribution in [0.25, 0.3) is 50.1 Å². The van der Waals surface area contributed by atoms with Gasteiger partial charge in [-0.1, -0.05) is 130 Å². The van der Waals surface area contributed by atoms with Crippen molar-refractivity contribution in [2.24, 2.45) is 0 Å². The van der Waals surface area contributed by atoms with Gasteiger partial charge in [0, 0.05) is 11.4 Å². The van der Waals surface area contributed by atoms with E-state index < -0.39 is 0 Å². The number of benzene rings is 6. The molecule has 0 atom stereocenters. The Labute approximate surface area is 304 Å². The molecule has 0 unspecified atom stereocenters. The summed E-state index contributed by atoms with van der Waals surface area (Å²) >= 11 is 0. The molecule has 0 spiro atoms. The summed E-state index contributed by atoms with van der Waals surface area (Å²) in [6, 6.07) is 52.0. The second kappa shape index (κ2) is 14.1. The molecule has 252 valence electrons. The van der Waals surface area contributed by atoms with E-state index in [2.05, 4.69) is 178 Å². The first-order chi connectivity index (χ1) is 25.0. The molecular weight excluding hydrogens is 615 g/mol. The number of hydrogen-bond donors (Lipinski definition) is 1. The van der Waals surface area contributed by atoms with Crippen LogP contribution in [0.4, 0.5) is 5.69 Å². The predicted molar refractivity (Wildman–Crippen MR) is 219 cm³/mol. The zero-order chi connectivity index (χ0) is 34.8. The fourth-order valence-corrected chi connectivity index (χ4v) is 7.67. The summed E-state index contributed by atoms with van der Waals surface area (Å²) in [5, 5.41) is 3.74. The van der Waals surface area contributed by atoms with E-state index in [4.69, 9.17) is 0 Å². The van der Waals surface area contributed by atoms with Crippen molar-refractivity contribution >= 4 is 11.3 Å².